The van der Waals surface area contributed by atoms with Gasteiger partial charge in [-0.3, -0.25) is 0 Å². The summed E-state index contributed by atoms with van der Waals surface area (Å²) in [4.78, 5) is 2.63. The van der Waals surface area contributed by atoms with E-state index in [4.69, 9.17) is 0 Å². The number of piperidine rings is 1. The van der Waals surface area contributed by atoms with Crippen molar-refractivity contribution in [2.75, 3.05) is 19.6 Å². The molecule has 2 rings (SSSR count). The van der Waals surface area contributed by atoms with Crippen LogP contribution in [0.3, 0.4) is 0 Å². The largest absolute Gasteiger partial charge is 0.303 e. The molecule has 0 bridgehead atoms. The second-order valence-corrected chi connectivity index (χ2v) is 7.31. The van der Waals surface area contributed by atoms with Gasteiger partial charge in [0.15, 0.2) is 0 Å². The smallest absolute Gasteiger partial charge is 0.000439 e. The monoisotopic (exact) mass is 273 g/mol. The Morgan fingerprint density at radius 1 is 0.950 bits per heavy atom. The van der Waals surface area contributed by atoms with Gasteiger partial charge in [0, 0.05) is 6.54 Å². The molecule has 0 aliphatic carbocycles. The van der Waals surface area contributed by atoms with Gasteiger partial charge in [0.1, 0.15) is 0 Å². The van der Waals surface area contributed by atoms with Crippen molar-refractivity contribution in [3.63, 3.8) is 0 Å². The number of hydrogen-bond acceptors (Lipinski definition) is 1. The maximum Gasteiger partial charge on any atom is 0.000439 e. The van der Waals surface area contributed by atoms with Crippen molar-refractivity contribution in [3.05, 3.63) is 35.4 Å². The molecule has 1 heterocycles. The number of benzene rings is 1. The zero-order valence-electron chi connectivity index (χ0n) is 13.7. The van der Waals surface area contributed by atoms with E-state index in [1.165, 1.54) is 44.5 Å². The Labute approximate surface area is 125 Å². The first-order valence-corrected chi connectivity index (χ1v) is 8.35. The van der Waals surface area contributed by atoms with Crippen LogP contribution in [0.5, 0.6) is 0 Å². The van der Waals surface area contributed by atoms with Crippen LogP contribution in [-0.2, 0) is 6.42 Å². The fourth-order valence-electron chi connectivity index (χ4n) is 3.36. The molecule has 1 heteroatoms. The van der Waals surface area contributed by atoms with E-state index >= 15 is 0 Å². The molecule has 112 valence electrons. The van der Waals surface area contributed by atoms with Crippen LogP contribution >= 0.6 is 0 Å². The van der Waals surface area contributed by atoms with E-state index in [2.05, 4.69) is 56.9 Å². The van der Waals surface area contributed by atoms with Crippen LogP contribution in [0.15, 0.2) is 24.3 Å². The van der Waals surface area contributed by atoms with Crippen molar-refractivity contribution >= 4 is 0 Å². The lowest BCUT2D eigenvalue weighted by atomic mass is 9.88. The number of likely N-dealkylation sites (tertiary alicyclic amines) is 1. The van der Waals surface area contributed by atoms with Gasteiger partial charge >= 0.3 is 0 Å². The molecule has 20 heavy (non-hydrogen) atoms. The lowest BCUT2D eigenvalue weighted by Crippen LogP contribution is -2.35. The van der Waals surface area contributed by atoms with Crippen molar-refractivity contribution < 1.29 is 0 Å². The average Bonchev–Trinajstić information content (AvgIpc) is 2.39. The van der Waals surface area contributed by atoms with E-state index in [-0.39, 0.29) is 0 Å². The molecule has 0 unspecified atom stereocenters. The SMILES string of the molecule is CC(C)Cc1ccc(C2CCN(CC(C)C)CC2)cc1. The predicted molar refractivity (Wildman–Crippen MR) is 88.2 cm³/mol. The highest BCUT2D eigenvalue weighted by atomic mass is 15.1. The maximum absolute atomic E-state index is 2.63. The molecule has 0 amide bonds. The van der Waals surface area contributed by atoms with Crippen LogP contribution in [0, 0.1) is 11.8 Å². The molecule has 0 spiro atoms. The van der Waals surface area contributed by atoms with Gasteiger partial charge in [-0.15, -0.1) is 0 Å². The zero-order valence-corrected chi connectivity index (χ0v) is 13.7. The van der Waals surface area contributed by atoms with E-state index < -0.39 is 0 Å². The summed E-state index contributed by atoms with van der Waals surface area (Å²) in [5.74, 6) is 2.33. The van der Waals surface area contributed by atoms with Gasteiger partial charge in [-0.25, -0.2) is 0 Å². The van der Waals surface area contributed by atoms with Crippen molar-refractivity contribution in [3.8, 4) is 0 Å². The summed E-state index contributed by atoms with van der Waals surface area (Å²) in [5.41, 5.74) is 3.04. The van der Waals surface area contributed by atoms with E-state index in [0.29, 0.717) is 0 Å². The van der Waals surface area contributed by atoms with Crippen LogP contribution in [0.2, 0.25) is 0 Å². The van der Waals surface area contributed by atoms with Gasteiger partial charge in [0.2, 0.25) is 0 Å². The summed E-state index contributed by atoms with van der Waals surface area (Å²) in [5, 5.41) is 0. The summed E-state index contributed by atoms with van der Waals surface area (Å²) >= 11 is 0. The van der Waals surface area contributed by atoms with Crippen molar-refractivity contribution in [1.29, 1.82) is 0 Å². The summed E-state index contributed by atoms with van der Waals surface area (Å²) in [6.45, 7) is 13.0. The van der Waals surface area contributed by atoms with Crippen LogP contribution in [0.1, 0.15) is 57.6 Å². The average molecular weight is 273 g/mol. The van der Waals surface area contributed by atoms with Gasteiger partial charge < -0.3 is 4.90 Å². The van der Waals surface area contributed by atoms with Gasteiger partial charge in [0.05, 0.1) is 0 Å². The Balaban J connectivity index is 1.87. The van der Waals surface area contributed by atoms with E-state index in [1.807, 2.05) is 0 Å². The molecular weight excluding hydrogens is 242 g/mol. The highest BCUT2D eigenvalue weighted by Gasteiger charge is 2.20. The third-order valence-corrected chi connectivity index (χ3v) is 4.31. The molecule has 0 saturated carbocycles. The topological polar surface area (TPSA) is 3.24 Å². The Bertz CT molecular complexity index is 383. The lowest BCUT2D eigenvalue weighted by Gasteiger charge is -2.33. The lowest BCUT2D eigenvalue weighted by molar-refractivity contribution is 0.192. The Kier molecular flexibility index (Phi) is 5.65. The highest BCUT2D eigenvalue weighted by molar-refractivity contribution is 5.26. The van der Waals surface area contributed by atoms with Gasteiger partial charge in [-0.05, 0) is 61.2 Å². The van der Waals surface area contributed by atoms with Crippen molar-refractivity contribution in [2.45, 2.75) is 52.9 Å². The minimum atomic E-state index is 0.750. The standard InChI is InChI=1S/C19H31N/c1-15(2)13-17-5-7-18(8-6-17)19-9-11-20(12-10-19)14-16(3)4/h5-8,15-16,19H,9-14H2,1-4H3. The molecule has 1 aromatic rings. The first-order chi connectivity index (χ1) is 9.54. The molecule has 1 saturated heterocycles. The zero-order chi connectivity index (χ0) is 14.5. The van der Waals surface area contributed by atoms with E-state index in [0.717, 1.165) is 17.8 Å². The van der Waals surface area contributed by atoms with Crippen LogP contribution in [-0.4, -0.2) is 24.5 Å². The molecule has 1 nitrogen and oxygen atoms in total. The minimum absolute atomic E-state index is 0.750. The van der Waals surface area contributed by atoms with Gasteiger partial charge in [-0.2, -0.15) is 0 Å². The molecule has 0 atom stereocenters. The molecule has 1 aliphatic heterocycles. The summed E-state index contributed by atoms with van der Waals surface area (Å²) in [6.07, 6.45) is 3.86. The van der Waals surface area contributed by atoms with Crippen molar-refractivity contribution in [1.82, 2.24) is 4.90 Å². The molecule has 1 aliphatic rings. The van der Waals surface area contributed by atoms with Gasteiger partial charge in [0.25, 0.3) is 0 Å². The normalized spacial score (nSPS) is 18.1. The quantitative estimate of drug-likeness (QED) is 0.750. The Morgan fingerprint density at radius 3 is 2.05 bits per heavy atom. The maximum atomic E-state index is 2.63. The molecule has 0 N–H and O–H groups in total. The summed E-state index contributed by atoms with van der Waals surface area (Å²) < 4.78 is 0. The number of rotatable bonds is 5. The molecule has 0 radical (unpaired) electrons. The highest BCUT2D eigenvalue weighted by Crippen LogP contribution is 2.28. The fourth-order valence-corrected chi connectivity index (χ4v) is 3.36. The molecular formula is C19H31N. The van der Waals surface area contributed by atoms with Crippen molar-refractivity contribution in [2.24, 2.45) is 11.8 Å². The first kappa shape index (κ1) is 15.6. The summed E-state index contributed by atoms with van der Waals surface area (Å²) in [7, 11) is 0. The molecule has 0 aromatic heterocycles. The molecule has 1 fully saturated rings. The predicted octanol–water partition coefficient (Wildman–Crippen LogP) is 4.72. The van der Waals surface area contributed by atoms with E-state index in [9.17, 15) is 0 Å². The second kappa shape index (κ2) is 7.26. The minimum Gasteiger partial charge on any atom is -0.303 e. The number of hydrogen-bond donors (Lipinski definition) is 0. The third kappa shape index (κ3) is 4.63. The third-order valence-electron chi connectivity index (χ3n) is 4.31. The Hall–Kier alpha value is -0.820. The van der Waals surface area contributed by atoms with E-state index in [1.54, 1.807) is 5.56 Å². The van der Waals surface area contributed by atoms with Gasteiger partial charge in [-0.1, -0.05) is 52.0 Å². The summed E-state index contributed by atoms with van der Waals surface area (Å²) in [6, 6.07) is 9.44. The number of nitrogens with zero attached hydrogens (tertiary/aromatic N) is 1. The first-order valence-electron chi connectivity index (χ1n) is 8.35. The molecule has 1 aromatic carbocycles. The second-order valence-electron chi connectivity index (χ2n) is 7.31. The van der Waals surface area contributed by atoms with Crippen LogP contribution < -0.4 is 0 Å². The van der Waals surface area contributed by atoms with Crippen LogP contribution in [0.25, 0.3) is 0 Å². The Morgan fingerprint density at radius 2 is 1.55 bits per heavy atom. The fraction of sp³-hybridized carbons (Fsp3) is 0.684. The van der Waals surface area contributed by atoms with Crippen LogP contribution in [0.4, 0.5) is 0 Å².